The summed E-state index contributed by atoms with van der Waals surface area (Å²) in [4.78, 5) is 12.9. The lowest BCUT2D eigenvalue weighted by molar-refractivity contribution is 0.0982. The second-order valence-electron chi connectivity index (χ2n) is 5.14. The molecule has 0 fully saturated rings. The summed E-state index contributed by atoms with van der Waals surface area (Å²) in [6.07, 6.45) is 0. The summed E-state index contributed by atoms with van der Waals surface area (Å²) in [6, 6.07) is 10.3. The Kier molecular flexibility index (Phi) is 5.89. The third-order valence-corrected chi connectivity index (χ3v) is 5.86. The number of hydrogen-bond donors (Lipinski definition) is 2. The first-order valence-corrected chi connectivity index (χ1v) is 9.58. The Morgan fingerprint density at radius 1 is 1.15 bits per heavy atom. The summed E-state index contributed by atoms with van der Waals surface area (Å²) >= 11 is 24.7. The highest BCUT2D eigenvalue weighted by Crippen LogP contribution is 2.37. The molecule has 0 atom stereocenters. The minimum Gasteiger partial charge on any atom is -0.497 e. The topological polar surface area (TPSA) is 50.4 Å². The molecule has 134 valence electrons. The van der Waals surface area contributed by atoms with E-state index in [1.807, 2.05) is 12.1 Å². The van der Waals surface area contributed by atoms with Crippen LogP contribution in [0, 0.1) is 0 Å². The lowest BCUT2D eigenvalue weighted by atomic mass is 10.2. The number of thiophene rings is 1. The second-order valence-corrected chi connectivity index (χ2v) is 7.82. The van der Waals surface area contributed by atoms with Crippen molar-refractivity contribution in [2.24, 2.45) is 0 Å². The maximum Gasteiger partial charge on any atom is 0.269 e. The number of anilines is 1. The van der Waals surface area contributed by atoms with Crippen molar-refractivity contribution >= 4 is 85.2 Å². The molecular formula is C17H11Cl3N2O2S2. The van der Waals surface area contributed by atoms with Gasteiger partial charge in [0.2, 0.25) is 0 Å². The van der Waals surface area contributed by atoms with Crippen LogP contribution in [0.4, 0.5) is 5.69 Å². The molecule has 0 aliphatic rings. The SMILES string of the molecule is COc1ccc2c(Cl)c(C(=O)NC(=S)Nc3ccc(Cl)cc3Cl)sc2c1. The zero-order valence-electron chi connectivity index (χ0n) is 13.2. The summed E-state index contributed by atoms with van der Waals surface area (Å²) in [5.41, 5.74) is 0.536. The zero-order chi connectivity index (χ0) is 18.8. The van der Waals surface area contributed by atoms with Crippen molar-refractivity contribution in [2.45, 2.75) is 0 Å². The third kappa shape index (κ3) is 4.05. The van der Waals surface area contributed by atoms with E-state index < -0.39 is 5.91 Å². The van der Waals surface area contributed by atoms with Crippen molar-refractivity contribution in [2.75, 3.05) is 12.4 Å². The summed E-state index contributed by atoms with van der Waals surface area (Å²) in [6.45, 7) is 0. The van der Waals surface area contributed by atoms with Gasteiger partial charge in [0, 0.05) is 15.1 Å². The number of nitrogens with one attached hydrogen (secondary N) is 2. The predicted octanol–water partition coefficient (Wildman–Crippen LogP) is 6.00. The molecule has 9 heteroatoms. The molecule has 1 amide bonds. The van der Waals surface area contributed by atoms with Crippen LogP contribution in [0.2, 0.25) is 15.1 Å². The van der Waals surface area contributed by atoms with Gasteiger partial charge in [0.05, 0.1) is 22.8 Å². The number of hydrogen-bond acceptors (Lipinski definition) is 4. The molecule has 0 saturated heterocycles. The number of rotatable bonds is 3. The normalized spacial score (nSPS) is 10.6. The molecule has 2 N–H and O–H groups in total. The van der Waals surface area contributed by atoms with Gasteiger partial charge in [0.1, 0.15) is 10.6 Å². The van der Waals surface area contributed by atoms with E-state index in [0.29, 0.717) is 31.4 Å². The molecule has 3 rings (SSSR count). The monoisotopic (exact) mass is 444 g/mol. The quantitative estimate of drug-likeness (QED) is 0.486. The number of halogens is 3. The maximum absolute atomic E-state index is 12.5. The Morgan fingerprint density at radius 2 is 1.92 bits per heavy atom. The van der Waals surface area contributed by atoms with Crippen molar-refractivity contribution in [1.82, 2.24) is 5.32 Å². The molecule has 26 heavy (non-hydrogen) atoms. The minimum absolute atomic E-state index is 0.102. The van der Waals surface area contributed by atoms with E-state index in [4.69, 9.17) is 51.8 Å². The molecule has 0 aliphatic carbocycles. The second kappa shape index (κ2) is 7.98. The van der Waals surface area contributed by atoms with E-state index in [0.717, 1.165) is 10.1 Å². The van der Waals surface area contributed by atoms with Crippen molar-refractivity contribution in [3.63, 3.8) is 0 Å². The van der Waals surface area contributed by atoms with Crippen LogP contribution in [0.3, 0.4) is 0 Å². The molecule has 3 aromatic rings. The lowest BCUT2D eigenvalue weighted by Gasteiger charge is -2.10. The highest BCUT2D eigenvalue weighted by atomic mass is 35.5. The van der Waals surface area contributed by atoms with Crippen LogP contribution in [0.15, 0.2) is 36.4 Å². The Morgan fingerprint density at radius 3 is 2.62 bits per heavy atom. The van der Waals surface area contributed by atoms with E-state index in [9.17, 15) is 4.79 Å². The van der Waals surface area contributed by atoms with Gasteiger partial charge in [-0.05, 0) is 48.6 Å². The molecule has 0 unspecified atom stereocenters. The molecule has 0 saturated carbocycles. The number of thiocarbonyl (C=S) groups is 1. The zero-order valence-corrected chi connectivity index (χ0v) is 17.1. The Labute approximate surface area is 174 Å². The van der Waals surface area contributed by atoms with E-state index in [-0.39, 0.29) is 5.11 Å². The Balaban J connectivity index is 1.78. The molecule has 4 nitrogen and oxygen atoms in total. The first kappa shape index (κ1) is 19.2. The van der Waals surface area contributed by atoms with Crippen LogP contribution < -0.4 is 15.4 Å². The fourth-order valence-corrected chi connectivity index (χ4v) is 4.32. The summed E-state index contributed by atoms with van der Waals surface area (Å²) in [7, 11) is 1.58. The number of fused-ring (bicyclic) bond motifs is 1. The largest absolute Gasteiger partial charge is 0.497 e. The number of ether oxygens (including phenoxy) is 1. The summed E-state index contributed by atoms with van der Waals surface area (Å²) in [5.74, 6) is 0.287. The number of amides is 1. The van der Waals surface area contributed by atoms with Crippen molar-refractivity contribution in [3.05, 3.63) is 56.3 Å². The average Bonchev–Trinajstić information content (AvgIpc) is 2.93. The van der Waals surface area contributed by atoms with Gasteiger partial charge in [-0.15, -0.1) is 11.3 Å². The first-order valence-electron chi connectivity index (χ1n) is 7.22. The standard InChI is InChI=1S/C17H11Cl3N2O2S2/c1-24-9-3-4-10-13(7-9)26-15(14(10)20)16(23)22-17(25)21-12-5-2-8(18)6-11(12)19/h2-7H,1H3,(H2,21,22,23,25). The first-order chi connectivity index (χ1) is 12.4. The van der Waals surface area contributed by atoms with Gasteiger partial charge in [-0.25, -0.2) is 0 Å². The highest BCUT2D eigenvalue weighted by molar-refractivity contribution is 7.80. The van der Waals surface area contributed by atoms with Gasteiger partial charge in [-0.3, -0.25) is 10.1 Å². The van der Waals surface area contributed by atoms with Crippen molar-refractivity contribution < 1.29 is 9.53 Å². The number of carbonyl (C=O) groups is 1. The predicted molar refractivity (Wildman–Crippen MR) is 114 cm³/mol. The summed E-state index contributed by atoms with van der Waals surface area (Å²) in [5, 5.41) is 7.61. The summed E-state index contributed by atoms with van der Waals surface area (Å²) < 4.78 is 6.04. The molecule has 1 heterocycles. The number of methoxy groups -OCH3 is 1. The maximum atomic E-state index is 12.5. The minimum atomic E-state index is -0.405. The average molecular weight is 446 g/mol. The van der Waals surface area contributed by atoms with Gasteiger partial charge >= 0.3 is 0 Å². The van der Waals surface area contributed by atoms with Gasteiger partial charge in [-0.1, -0.05) is 34.8 Å². The van der Waals surface area contributed by atoms with Gasteiger partial charge < -0.3 is 10.1 Å². The van der Waals surface area contributed by atoms with E-state index >= 15 is 0 Å². The molecule has 0 radical (unpaired) electrons. The van der Waals surface area contributed by atoms with Crippen LogP contribution in [0.25, 0.3) is 10.1 Å². The van der Waals surface area contributed by atoms with E-state index in [1.165, 1.54) is 11.3 Å². The van der Waals surface area contributed by atoms with Gasteiger partial charge in [0.15, 0.2) is 5.11 Å². The van der Waals surface area contributed by atoms with E-state index in [1.54, 1.807) is 31.4 Å². The lowest BCUT2D eigenvalue weighted by Crippen LogP contribution is -2.33. The highest BCUT2D eigenvalue weighted by Gasteiger charge is 2.18. The van der Waals surface area contributed by atoms with Gasteiger partial charge in [0.25, 0.3) is 5.91 Å². The molecule has 0 spiro atoms. The number of benzene rings is 2. The fraction of sp³-hybridized carbons (Fsp3) is 0.0588. The van der Waals surface area contributed by atoms with Crippen molar-refractivity contribution in [3.8, 4) is 5.75 Å². The van der Waals surface area contributed by atoms with Crippen molar-refractivity contribution in [1.29, 1.82) is 0 Å². The van der Waals surface area contributed by atoms with Crippen LogP contribution in [-0.2, 0) is 0 Å². The molecular weight excluding hydrogens is 435 g/mol. The number of carbonyl (C=O) groups excluding carboxylic acids is 1. The molecule has 0 aliphatic heterocycles. The molecule has 2 aromatic carbocycles. The molecule has 0 bridgehead atoms. The van der Waals surface area contributed by atoms with Crippen LogP contribution in [-0.4, -0.2) is 18.1 Å². The van der Waals surface area contributed by atoms with Gasteiger partial charge in [-0.2, -0.15) is 0 Å². The van der Waals surface area contributed by atoms with E-state index in [2.05, 4.69) is 10.6 Å². The smallest absolute Gasteiger partial charge is 0.269 e. The van der Waals surface area contributed by atoms with Crippen LogP contribution in [0.5, 0.6) is 5.75 Å². The van der Waals surface area contributed by atoms with Crippen LogP contribution >= 0.6 is 58.4 Å². The molecule has 1 aromatic heterocycles. The Hall–Kier alpha value is -1.57. The third-order valence-electron chi connectivity index (χ3n) is 3.45. The Bertz CT molecular complexity index is 1020. The fourth-order valence-electron chi connectivity index (χ4n) is 2.22. The van der Waals surface area contributed by atoms with Crippen LogP contribution in [0.1, 0.15) is 9.67 Å².